The van der Waals surface area contributed by atoms with Gasteiger partial charge in [-0.25, -0.2) is 9.97 Å². The summed E-state index contributed by atoms with van der Waals surface area (Å²) in [5.74, 6) is 1.96. The lowest BCUT2D eigenvalue weighted by Crippen LogP contribution is -2.38. The average Bonchev–Trinajstić information content (AvgIpc) is 3.07. The highest BCUT2D eigenvalue weighted by Crippen LogP contribution is 2.27. The van der Waals surface area contributed by atoms with Crippen LogP contribution < -0.4 is 4.90 Å². The van der Waals surface area contributed by atoms with Crippen LogP contribution in [0.3, 0.4) is 0 Å². The molecule has 3 rings (SSSR count). The van der Waals surface area contributed by atoms with Crippen LogP contribution in [-0.4, -0.2) is 58.6 Å². The van der Waals surface area contributed by atoms with Crippen LogP contribution in [0.4, 0.5) is 5.82 Å². The van der Waals surface area contributed by atoms with Gasteiger partial charge < -0.3 is 14.6 Å². The van der Waals surface area contributed by atoms with E-state index in [1.165, 1.54) is 18.5 Å². The molecule has 0 amide bonds. The van der Waals surface area contributed by atoms with E-state index in [9.17, 15) is 0 Å². The second-order valence-corrected chi connectivity index (χ2v) is 6.71. The molecule has 0 saturated carbocycles. The largest absolute Gasteiger partial charge is 0.369 e. The minimum atomic E-state index is -0.0534. The SMILES string of the molecule is CCCCc1ncc(CN2CCO[C@@H](c3nccnc3N(C)C)C2)[nH]1. The Morgan fingerprint density at radius 1 is 1.28 bits per heavy atom. The van der Waals surface area contributed by atoms with Gasteiger partial charge in [-0.05, 0) is 6.42 Å². The smallest absolute Gasteiger partial charge is 0.152 e. The Morgan fingerprint density at radius 3 is 2.92 bits per heavy atom. The van der Waals surface area contributed by atoms with E-state index in [-0.39, 0.29) is 6.10 Å². The monoisotopic (exact) mass is 344 g/mol. The molecule has 136 valence electrons. The van der Waals surface area contributed by atoms with Crippen molar-refractivity contribution in [2.24, 2.45) is 0 Å². The first-order valence-corrected chi connectivity index (χ1v) is 9.02. The molecule has 1 atom stereocenters. The Labute approximate surface area is 149 Å². The summed E-state index contributed by atoms with van der Waals surface area (Å²) < 4.78 is 5.98. The lowest BCUT2D eigenvalue weighted by molar-refractivity contribution is -0.0351. The van der Waals surface area contributed by atoms with Crippen molar-refractivity contribution in [3.63, 3.8) is 0 Å². The molecule has 1 aliphatic heterocycles. The molecule has 25 heavy (non-hydrogen) atoms. The molecule has 0 aliphatic carbocycles. The number of rotatable bonds is 7. The number of anilines is 1. The molecule has 7 heteroatoms. The van der Waals surface area contributed by atoms with Crippen LogP contribution >= 0.6 is 0 Å². The maximum Gasteiger partial charge on any atom is 0.152 e. The van der Waals surface area contributed by atoms with Gasteiger partial charge >= 0.3 is 0 Å². The fraction of sp³-hybridized carbons (Fsp3) is 0.611. The van der Waals surface area contributed by atoms with Gasteiger partial charge in [0.2, 0.25) is 0 Å². The van der Waals surface area contributed by atoms with E-state index in [1.54, 1.807) is 12.4 Å². The van der Waals surface area contributed by atoms with Crippen molar-refractivity contribution in [2.75, 3.05) is 38.7 Å². The predicted molar refractivity (Wildman–Crippen MR) is 97.5 cm³/mol. The minimum Gasteiger partial charge on any atom is -0.369 e. The maximum absolute atomic E-state index is 5.98. The Hall–Kier alpha value is -1.99. The van der Waals surface area contributed by atoms with Gasteiger partial charge in [-0.1, -0.05) is 13.3 Å². The number of nitrogens with one attached hydrogen (secondary N) is 1. The van der Waals surface area contributed by atoms with Crippen LogP contribution in [-0.2, 0) is 17.7 Å². The van der Waals surface area contributed by atoms with E-state index in [0.717, 1.165) is 43.4 Å². The quantitative estimate of drug-likeness (QED) is 0.830. The molecule has 0 radical (unpaired) electrons. The number of H-pyrrole nitrogens is 1. The normalized spacial score (nSPS) is 18.4. The topological polar surface area (TPSA) is 70.2 Å². The number of aryl methyl sites for hydroxylation is 1. The number of nitrogens with zero attached hydrogens (tertiary/aromatic N) is 5. The van der Waals surface area contributed by atoms with Gasteiger partial charge in [0.15, 0.2) is 5.82 Å². The summed E-state index contributed by atoms with van der Waals surface area (Å²) >= 11 is 0. The van der Waals surface area contributed by atoms with E-state index in [0.29, 0.717) is 6.61 Å². The Bertz CT molecular complexity index is 671. The molecule has 0 aromatic carbocycles. The van der Waals surface area contributed by atoms with Crippen molar-refractivity contribution in [3.8, 4) is 0 Å². The van der Waals surface area contributed by atoms with E-state index in [4.69, 9.17) is 4.74 Å². The number of morpholine rings is 1. The van der Waals surface area contributed by atoms with Crippen LogP contribution in [0.2, 0.25) is 0 Å². The Kier molecular flexibility index (Phi) is 5.99. The second-order valence-electron chi connectivity index (χ2n) is 6.71. The molecule has 2 aromatic heterocycles. The maximum atomic E-state index is 5.98. The molecule has 1 aliphatic rings. The highest BCUT2D eigenvalue weighted by atomic mass is 16.5. The van der Waals surface area contributed by atoms with Gasteiger partial charge in [0.05, 0.1) is 6.61 Å². The van der Waals surface area contributed by atoms with Crippen molar-refractivity contribution >= 4 is 5.82 Å². The summed E-state index contributed by atoms with van der Waals surface area (Å²) in [7, 11) is 3.97. The first-order valence-electron chi connectivity index (χ1n) is 9.02. The van der Waals surface area contributed by atoms with Crippen LogP contribution in [0.1, 0.15) is 43.1 Å². The zero-order valence-electron chi connectivity index (χ0n) is 15.4. The van der Waals surface area contributed by atoms with Gasteiger partial charge in [-0.2, -0.15) is 0 Å². The zero-order chi connectivity index (χ0) is 17.6. The molecule has 7 nitrogen and oxygen atoms in total. The van der Waals surface area contributed by atoms with E-state index < -0.39 is 0 Å². The summed E-state index contributed by atoms with van der Waals surface area (Å²) in [5, 5.41) is 0. The summed E-state index contributed by atoms with van der Waals surface area (Å²) in [6, 6.07) is 0. The molecule has 0 spiro atoms. The molecule has 0 unspecified atom stereocenters. The Balaban J connectivity index is 1.64. The van der Waals surface area contributed by atoms with Crippen molar-refractivity contribution < 1.29 is 4.74 Å². The number of ether oxygens (including phenoxy) is 1. The number of aromatic nitrogens is 4. The number of aromatic amines is 1. The summed E-state index contributed by atoms with van der Waals surface area (Å²) in [4.78, 5) is 21.3. The standard InChI is InChI=1S/C18H28N6O/c1-4-5-6-16-21-11-14(22-16)12-24-9-10-25-15(13-24)17-18(23(2)3)20-8-7-19-17/h7-8,11,15H,4-6,9-10,12-13H2,1-3H3,(H,21,22)/t15-/m1/s1. The van der Waals surface area contributed by atoms with Crippen LogP contribution in [0, 0.1) is 0 Å². The van der Waals surface area contributed by atoms with E-state index in [1.807, 2.05) is 25.2 Å². The van der Waals surface area contributed by atoms with Gasteiger partial charge in [-0.15, -0.1) is 0 Å². The summed E-state index contributed by atoms with van der Waals surface area (Å²) in [6.07, 6.45) is 8.75. The third-order valence-electron chi connectivity index (χ3n) is 4.43. The first kappa shape index (κ1) is 17.8. The molecule has 2 aromatic rings. The van der Waals surface area contributed by atoms with Crippen molar-refractivity contribution in [1.29, 1.82) is 0 Å². The minimum absolute atomic E-state index is 0.0534. The fourth-order valence-corrected chi connectivity index (χ4v) is 3.12. The van der Waals surface area contributed by atoms with Gasteiger partial charge in [0.25, 0.3) is 0 Å². The molecular formula is C18H28N6O. The Morgan fingerprint density at radius 2 is 2.12 bits per heavy atom. The third-order valence-corrected chi connectivity index (χ3v) is 4.43. The lowest BCUT2D eigenvalue weighted by Gasteiger charge is -2.33. The van der Waals surface area contributed by atoms with E-state index >= 15 is 0 Å². The highest BCUT2D eigenvalue weighted by molar-refractivity contribution is 5.42. The number of imidazole rings is 1. The predicted octanol–water partition coefficient (Wildman–Crippen LogP) is 2.18. The third kappa shape index (κ3) is 4.55. The lowest BCUT2D eigenvalue weighted by atomic mass is 10.2. The fourth-order valence-electron chi connectivity index (χ4n) is 3.12. The van der Waals surface area contributed by atoms with Crippen molar-refractivity contribution in [1.82, 2.24) is 24.8 Å². The molecule has 1 fully saturated rings. The number of unbranched alkanes of at least 4 members (excludes halogenated alkanes) is 1. The van der Waals surface area contributed by atoms with Crippen LogP contribution in [0.25, 0.3) is 0 Å². The number of hydrogen-bond donors (Lipinski definition) is 1. The van der Waals surface area contributed by atoms with Crippen molar-refractivity contribution in [2.45, 2.75) is 38.8 Å². The van der Waals surface area contributed by atoms with Gasteiger partial charge in [0, 0.05) is 64.4 Å². The van der Waals surface area contributed by atoms with Gasteiger partial charge in [0.1, 0.15) is 17.6 Å². The van der Waals surface area contributed by atoms with Gasteiger partial charge in [-0.3, -0.25) is 9.88 Å². The molecule has 3 heterocycles. The van der Waals surface area contributed by atoms with Crippen LogP contribution in [0.15, 0.2) is 18.6 Å². The summed E-state index contributed by atoms with van der Waals surface area (Å²) in [5.41, 5.74) is 2.07. The van der Waals surface area contributed by atoms with E-state index in [2.05, 4.69) is 31.8 Å². The molecular weight excluding hydrogens is 316 g/mol. The molecule has 1 saturated heterocycles. The summed E-state index contributed by atoms with van der Waals surface area (Å²) in [6.45, 7) is 5.48. The average molecular weight is 344 g/mol. The first-order chi connectivity index (χ1) is 12.2. The van der Waals surface area contributed by atoms with Crippen LogP contribution in [0.5, 0.6) is 0 Å². The number of hydrogen-bond acceptors (Lipinski definition) is 6. The zero-order valence-corrected chi connectivity index (χ0v) is 15.4. The second kappa shape index (κ2) is 8.40. The molecule has 1 N–H and O–H groups in total. The molecule has 0 bridgehead atoms. The highest BCUT2D eigenvalue weighted by Gasteiger charge is 2.26. The van der Waals surface area contributed by atoms with Crippen molar-refractivity contribution in [3.05, 3.63) is 35.8 Å².